The maximum absolute atomic E-state index is 6.62. The summed E-state index contributed by atoms with van der Waals surface area (Å²) < 4.78 is 6.62. The van der Waals surface area contributed by atoms with Gasteiger partial charge in [-0.15, -0.1) is 0 Å². The normalized spacial score (nSPS) is 11.9. The summed E-state index contributed by atoms with van der Waals surface area (Å²) >= 11 is 0. The summed E-state index contributed by atoms with van der Waals surface area (Å²) in [6.45, 7) is 0. The first kappa shape index (κ1) is 28.2. The predicted molar refractivity (Wildman–Crippen MR) is 218 cm³/mol. The lowest BCUT2D eigenvalue weighted by atomic mass is 9.85. The van der Waals surface area contributed by atoms with Crippen LogP contribution in [0.1, 0.15) is 0 Å². The summed E-state index contributed by atoms with van der Waals surface area (Å²) in [4.78, 5) is 0. The zero-order valence-electron chi connectivity index (χ0n) is 27.7. The minimum Gasteiger partial charge on any atom is -0.455 e. The quantitative estimate of drug-likeness (QED) is 0.174. The van der Waals surface area contributed by atoms with E-state index in [2.05, 4.69) is 182 Å². The van der Waals surface area contributed by atoms with Crippen LogP contribution in [0.2, 0.25) is 0 Å². The number of hydrogen-bond donors (Lipinski definition) is 0. The second-order valence-electron chi connectivity index (χ2n) is 13.6. The Morgan fingerprint density at radius 2 is 0.647 bits per heavy atom. The smallest absolute Gasteiger partial charge is 0.143 e. The molecule has 0 saturated heterocycles. The standard InChI is InChI=1S/C50H30O/c1-2-11-35-30-38(22-19-31(35)9-1)48-43-15-7-5-13-41(43)47(42-14-6-8-16-44(42)48)34-20-17-32(18-21-34)36-24-26-40-37(29-36)25-28-46-45-27-23-33-10-3-4-12-39(33)49(45)51-50(40)46/h1-30H. The largest absolute Gasteiger partial charge is 0.455 e. The van der Waals surface area contributed by atoms with Crippen LogP contribution in [0.4, 0.5) is 0 Å². The molecule has 51 heavy (non-hydrogen) atoms. The monoisotopic (exact) mass is 646 g/mol. The van der Waals surface area contributed by atoms with E-state index in [1.807, 2.05) is 0 Å². The van der Waals surface area contributed by atoms with Gasteiger partial charge in [0.05, 0.1) is 0 Å². The van der Waals surface area contributed by atoms with Crippen LogP contribution in [0.15, 0.2) is 186 Å². The topological polar surface area (TPSA) is 13.1 Å². The molecule has 0 fully saturated rings. The summed E-state index contributed by atoms with van der Waals surface area (Å²) in [5.41, 5.74) is 9.31. The van der Waals surface area contributed by atoms with Gasteiger partial charge in [-0.05, 0) is 107 Å². The van der Waals surface area contributed by atoms with E-state index in [4.69, 9.17) is 4.42 Å². The van der Waals surface area contributed by atoms with Crippen molar-refractivity contribution in [2.75, 3.05) is 0 Å². The molecule has 0 aliphatic rings. The van der Waals surface area contributed by atoms with Crippen LogP contribution in [0.5, 0.6) is 0 Å². The van der Waals surface area contributed by atoms with Gasteiger partial charge in [0.25, 0.3) is 0 Å². The molecule has 236 valence electrons. The van der Waals surface area contributed by atoms with Crippen molar-refractivity contribution in [3.05, 3.63) is 182 Å². The van der Waals surface area contributed by atoms with E-state index in [1.165, 1.54) is 76.5 Å². The molecule has 0 saturated carbocycles. The van der Waals surface area contributed by atoms with Gasteiger partial charge in [0.1, 0.15) is 11.2 Å². The Morgan fingerprint density at radius 3 is 1.31 bits per heavy atom. The molecule has 11 aromatic rings. The third-order valence-electron chi connectivity index (χ3n) is 10.8. The van der Waals surface area contributed by atoms with Gasteiger partial charge in [0, 0.05) is 21.5 Å². The highest BCUT2D eigenvalue weighted by Gasteiger charge is 2.17. The van der Waals surface area contributed by atoms with Gasteiger partial charge in [-0.3, -0.25) is 0 Å². The van der Waals surface area contributed by atoms with E-state index in [9.17, 15) is 0 Å². The summed E-state index contributed by atoms with van der Waals surface area (Å²) in [6, 6.07) is 66.3. The minimum atomic E-state index is 0.951. The number of rotatable bonds is 3. The van der Waals surface area contributed by atoms with Crippen LogP contribution < -0.4 is 0 Å². The van der Waals surface area contributed by atoms with Crippen LogP contribution in [0.3, 0.4) is 0 Å². The third kappa shape index (κ3) is 4.28. The average Bonchev–Trinajstić information content (AvgIpc) is 3.59. The van der Waals surface area contributed by atoms with Gasteiger partial charge < -0.3 is 4.42 Å². The van der Waals surface area contributed by atoms with Crippen LogP contribution in [-0.4, -0.2) is 0 Å². The number of furan rings is 1. The molecule has 0 spiro atoms. The fourth-order valence-corrected chi connectivity index (χ4v) is 8.39. The molecule has 0 unspecified atom stereocenters. The van der Waals surface area contributed by atoms with E-state index in [-0.39, 0.29) is 0 Å². The molecule has 0 atom stereocenters. The number of hydrogen-bond acceptors (Lipinski definition) is 1. The SMILES string of the molecule is c1ccc2cc(-c3c4ccccc4c(-c4ccc(-c5ccc6c(ccc7c8ccc9ccccc9c8oc67)c5)cc4)c4ccccc34)ccc2c1. The summed E-state index contributed by atoms with van der Waals surface area (Å²) in [6.07, 6.45) is 0. The first-order valence-corrected chi connectivity index (χ1v) is 17.6. The summed E-state index contributed by atoms with van der Waals surface area (Å²) in [5.74, 6) is 0. The maximum atomic E-state index is 6.62. The molecule has 1 heterocycles. The first-order valence-electron chi connectivity index (χ1n) is 17.6. The zero-order chi connectivity index (χ0) is 33.5. The van der Waals surface area contributed by atoms with Gasteiger partial charge in [0.15, 0.2) is 0 Å². The highest BCUT2D eigenvalue weighted by atomic mass is 16.3. The average molecular weight is 647 g/mol. The van der Waals surface area contributed by atoms with E-state index in [1.54, 1.807) is 0 Å². The molecule has 1 aromatic heterocycles. The van der Waals surface area contributed by atoms with E-state index in [0.29, 0.717) is 0 Å². The van der Waals surface area contributed by atoms with Crippen LogP contribution in [0, 0.1) is 0 Å². The molecule has 0 N–H and O–H groups in total. The van der Waals surface area contributed by atoms with Gasteiger partial charge >= 0.3 is 0 Å². The molecular weight excluding hydrogens is 617 g/mol. The van der Waals surface area contributed by atoms with Crippen molar-refractivity contribution in [3.8, 4) is 33.4 Å². The van der Waals surface area contributed by atoms with Crippen molar-refractivity contribution in [3.63, 3.8) is 0 Å². The Bertz CT molecular complexity index is 3120. The molecule has 0 aliphatic carbocycles. The van der Waals surface area contributed by atoms with Crippen molar-refractivity contribution in [1.29, 1.82) is 0 Å². The fraction of sp³-hybridized carbons (Fsp3) is 0. The Hall–Kier alpha value is -6.70. The molecule has 10 aromatic carbocycles. The molecule has 0 radical (unpaired) electrons. The van der Waals surface area contributed by atoms with Crippen LogP contribution in [0.25, 0.3) is 109 Å². The van der Waals surface area contributed by atoms with Gasteiger partial charge in [-0.25, -0.2) is 0 Å². The summed E-state index contributed by atoms with van der Waals surface area (Å²) in [5, 5.41) is 14.6. The molecule has 1 heteroatoms. The molecule has 0 bridgehead atoms. The number of benzene rings is 10. The molecule has 0 amide bonds. The van der Waals surface area contributed by atoms with Crippen LogP contribution in [-0.2, 0) is 0 Å². The molecular formula is C50H30O. The molecule has 1 nitrogen and oxygen atoms in total. The van der Waals surface area contributed by atoms with Crippen molar-refractivity contribution >= 4 is 75.8 Å². The highest BCUT2D eigenvalue weighted by molar-refractivity contribution is 6.22. The Balaban J connectivity index is 1.03. The first-order chi connectivity index (χ1) is 25.3. The second-order valence-corrected chi connectivity index (χ2v) is 13.6. The number of fused-ring (bicyclic) bond motifs is 10. The minimum absolute atomic E-state index is 0.951. The van der Waals surface area contributed by atoms with Crippen molar-refractivity contribution < 1.29 is 4.42 Å². The van der Waals surface area contributed by atoms with Gasteiger partial charge in [-0.2, -0.15) is 0 Å². The Kier molecular flexibility index (Phi) is 6.02. The van der Waals surface area contributed by atoms with Crippen molar-refractivity contribution in [2.45, 2.75) is 0 Å². The lowest BCUT2D eigenvalue weighted by Crippen LogP contribution is -1.91. The van der Waals surface area contributed by atoms with E-state index in [0.717, 1.165) is 32.7 Å². The van der Waals surface area contributed by atoms with Gasteiger partial charge in [-0.1, -0.05) is 152 Å². The fourth-order valence-electron chi connectivity index (χ4n) is 8.39. The lowest BCUT2D eigenvalue weighted by Gasteiger charge is -2.18. The third-order valence-corrected chi connectivity index (χ3v) is 10.8. The van der Waals surface area contributed by atoms with Crippen molar-refractivity contribution in [2.24, 2.45) is 0 Å². The Morgan fingerprint density at radius 1 is 0.235 bits per heavy atom. The van der Waals surface area contributed by atoms with Crippen LogP contribution >= 0.6 is 0 Å². The Labute approximate surface area is 294 Å². The second kappa shape index (κ2) is 10.9. The summed E-state index contributed by atoms with van der Waals surface area (Å²) in [7, 11) is 0. The lowest BCUT2D eigenvalue weighted by molar-refractivity contribution is 0.676. The zero-order valence-corrected chi connectivity index (χ0v) is 27.7. The van der Waals surface area contributed by atoms with E-state index < -0.39 is 0 Å². The molecule has 11 rings (SSSR count). The predicted octanol–water partition coefficient (Wildman–Crippen LogP) is 14.4. The molecule has 0 aliphatic heterocycles. The maximum Gasteiger partial charge on any atom is 0.143 e. The van der Waals surface area contributed by atoms with Crippen molar-refractivity contribution in [1.82, 2.24) is 0 Å². The van der Waals surface area contributed by atoms with Gasteiger partial charge in [0.2, 0.25) is 0 Å². The highest BCUT2D eigenvalue weighted by Crippen LogP contribution is 2.45. The van der Waals surface area contributed by atoms with E-state index >= 15 is 0 Å².